The molecule has 0 saturated carbocycles. The second kappa shape index (κ2) is 5.17. The molecule has 0 atom stereocenters. The van der Waals surface area contributed by atoms with E-state index in [1.54, 1.807) is 12.1 Å². The van der Waals surface area contributed by atoms with E-state index in [-0.39, 0.29) is 18.1 Å². The van der Waals surface area contributed by atoms with Crippen LogP contribution in [-0.4, -0.2) is 31.0 Å². The molecule has 0 N–H and O–H groups in total. The summed E-state index contributed by atoms with van der Waals surface area (Å²) in [5.41, 5.74) is 0.695. The van der Waals surface area contributed by atoms with Crippen molar-refractivity contribution in [2.24, 2.45) is 0 Å². The maximum atomic E-state index is 13.4. The van der Waals surface area contributed by atoms with Crippen LogP contribution in [0.15, 0.2) is 18.2 Å². The van der Waals surface area contributed by atoms with Crippen molar-refractivity contribution in [1.29, 1.82) is 0 Å². The zero-order valence-electron chi connectivity index (χ0n) is 9.91. The highest BCUT2D eigenvalue weighted by atomic mass is 19.1. The monoisotopic (exact) mass is 237 g/mol. The number of likely N-dealkylation sites (tertiary alicyclic amines) is 1. The van der Waals surface area contributed by atoms with Gasteiger partial charge in [0.05, 0.1) is 13.5 Å². The van der Waals surface area contributed by atoms with Crippen LogP contribution in [-0.2, 0) is 11.2 Å². The third-order valence-corrected chi connectivity index (χ3v) is 3.03. The van der Waals surface area contributed by atoms with Gasteiger partial charge in [-0.2, -0.15) is 0 Å². The molecule has 0 bridgehead atoms. The van der Waals surface area contributed by atoms with Gasteiger partial charge in [-0.15, -0.1) is 0 Å². The summed E-state index contributed by atoms with van der Waals surface area (Å²) >= 11 is 0. The highest BCUT2D eigenvalue weighted by molar-refractivity contribution is 5.79. The van der Waals surface area contributed by atoms with Gasteiger partial charge in [0.25, 0.3) is 0 Å². The number of carbonyl (C=O) groups is 1. The highest BCUT2D eigenvalue weighted by Crippen LogP contribution is 2.19. The van der Waals surface area contributed by atoms with Crippen molar-refractivity contribution >= 4 is 5.91 Å². The number of methoxy groups -OCH3 is 1. The van der Waals surface area contributed by atoms with E-state index in [0.717, 1.165) is 25.9 Å². The fourth-order valence-electron chi connectivity index (χ4n) is 2.07. The molecule has 1 heterocycles. The van der Waals surface area contributed by atoms with Crippen LogP contribution in [0.5, 0.6) is 5.75 Å². The number of rotatable bonds is 3. The number of ether oxygens (including phenoxy) is 1. The van der Waals surface area contributed by atoms with E-state index >= 15 is 0 Å². The van der Waals surface area contributed by atoms with Gasteiger partial charge in [0.2, 0.25) is 5.91 Å². The number of carbonyl (C=O) groups excluding carboxylic acids is 1. The third-order valence-electron chi connectivity index (χ3n) is 3.03. The molecule has 1 aliphatic heterocycles. The minimum absolute atomic E-state index is 0.0760. The van der Waals surface area contributed by atoms with Gasteiger partial charge in [0.1, 0.15) is 0 Å². The molecule has 0 spiro atoms. The highest BCUT2D eigenvalue weighted by Gasteiger charge is 2.18. The van der Waals surface area contributed by atoms with Gasteiger partial charge < -0.3 is 9.64 Å². The van der Waals surface area contributed by atoms with E-state index in [9.17, 15) is 9.18 Å². The van der Waals surface area contributed by atoms with E-state index in [1.807, 2.05) is 4.90 Å². The van der Waals surface area contributed by atoms with E-state index in [0.29, 0.717) is 5.56 Å². The quantitative estimate of drug-likeness (QED) is 0.804. The van der Waals surface area contributed by atoms with Crippen molar-refractivity contribution in [2.75, 3.05) is 20.2 Å². The Labute approximate surface area is 100 Å². The molecular weight excluding hydrogens is 221 g/mol. The molecule has 3 nitrogen and oxygen atoms in total. The second-order valence-corrected chi connectivity index (χ2v) is 4.23. The summed E-state index contributed by atoms with van der Waals surface area (Å²) in [5.74, 6) is -0.131. The van der Waals surface area contributed by atoms with E-state index < -0.39 is 5.82 Å². The first-order valence-electron chi connectivity index (χ1n) is 5.81. The van der Waals surface area contributed by atoms with Gasteiger partial charge in [0.15, 0.2) is 11.6 Å². The Bertz CT molecular complexity index is 414. The molecule has 2 rings (SSSR count). The summed E-state index contributed by atoms with van der Waals surface area (Å²) in [6.45, 7) is 1.66. The summed E-state index contributed by atoms with van der Waals surface area (Å²) in [5, 5.41) is 0. The standard InChI is InChI=1S/C13H16FNO2/c1-17-12-5-4-10(8-11(12)14)9-13(16)15-6-2-3-7-15/h4-5,8H,2-3,6-7,9H2,1H3. The average Bonchev–Trinajstić information content (AvgIpc) is 2.82. The minimum atomic E-state index is -0.417. The van der Waals surface area contributed by atoms with E-state index in [2.05, 4.69) is 0 Å². The number of hydrogen-bond donors (Lipinski definition) is 0. The Hall–Kier alpha value is -1.58. The Morgan fingerprint density at radius 1 is 1.41 bits per heavy atom. The van der Waals surface area contributed by atoms with Crippen molar-refractivity contribution in [1.82, 2.24) is 4.90 Å². The molecule has 1 aliphatic rings. The minimum Gasteiger partial charge on any atom is -0.494 e. The van der Waals surface area contributed by atoms with Gasteiger partial charge in [0, 0.05) is 13.1 Å². The summed E-state index contributed by atoms with van der Waals surface area (Å²) < 4.78 is 18.3. The van der Waals surface area contributed by atoms with Crippen LogP contribution in [0.25, 0.3) is 0 Å². The maximum Gasteiger partial charge on any atom is 0.226 e. The SMILES string of the molecule is COc1ccc(CC(=O)N2CCCC2)cc1F. The molecule has 0 aliphatic carbocycles. The molecular formula is C13H16FNO2. The zero-order chi connectivity index (χ0) is 12.3. The second-order valence-electron chi connectivity index (χ2n) is 4.23. The van der Waals surface area contributed by atoms with Crippen LogP contribution in [0.2, 0.25) is 0 Å². The molecule has 0 aromatic heterocycles. The van der Waals surface area contributed by atoms with Crippen molar-refractivity contribution in [3.05, 3.63) is 29.6 Å². The van der Waals surface area contributed by atoms with Crippen LogP contribution < -0.4 is 4.74 Å². The molecule has 1 aromatic carbocycles. The smallest absolute Gasteiger partial charge is 0.226 e. The molecule has 1 aromatic rings. The zero-order valence-corrected chi connectivity index (χ0v) is 9.91. The van der Waals surface area contributed by atoms with E-state index in [1.165, 1.54) is 13.2 Å². The predicted octanol–water partition coefficient (Wildman–Crippen LogP) is 2.00. The molecule has 4 heteroatoms. The summed E-state index contributed by atoms with van der Waals surface area (Å²) in [6.07, 6.45) is 2.41. The molecule has 17 heavy (non-hydrogen) atoms. The Morgan fingerprint density at radius 2 is 2.12 bits per heavy atom. The van der Waals surface area contributed by atoms with Crippen molar-refractivity contribution in [2.45, 2.75) is 19.3 Å². The molecule has 92 valence electrons. The summed E-state index contributed by atoms with van der Waals surface area (Å²) in [6, 6.07) is 4.66. The van der Waals surface area contributed by atoms with Crippen molar-refractivity contribution in [3.63, 3.8) is 0 Å². The number of nitrogens with zero attached hydrogens (tertiary/aromatic N) is 1. The first-order chi connectivity index (χ1) is 8.20. The molecule has 0 radical (unpaired) electrons. The first kappa shape index (κ1) is 11.9. The van der Waals surface area contributed by atoms with Crippen LogP contribution in [0.1, 0.15) is 18.4 Å². The van der Waals surface area contributed by atoms with Gasteiger partial charge >= 0.3 is 0 Å². The topological polar surface area (TPSA) is 29.5 Å². The molecule has 0 unspecified atom stereocenters. The summed E-state index contributed by atoms with van der Waals surface area (Å²) in [7, 11) is 1.42. The Balaban J connectivity index is 2.03. The van der Waals surface area contributed by atoms with Gasteiger partial charge in [-0.3, -0.25) is 4.79 Å². The third kappa shape index (κ3) is 2.75. The van der Waals surface area contributed by atoms with Crippen LogP contribution in [0.4, 0.5) is 4.39 Å². The summed E-state index contributed by atoms with van der Waals surface area (Å²) in [4.78, 5) is 13.7. The number of halogens is 1. The lowest BCUT2D eigenvalue weighted by Crippen LogP contribution is -2.29. The maximum absolute atomic E-state index is 13.4. The predicted molar refractivity (Wildman–Crippen MR) is 62.5 cm³/mol. The lowest BCUT2D eigenvalue weighted by molar-refractivity contribution is -0.129. The lowest BCUT2D eigenvalue weighted by atomic mass is 10.1. The van der Waals surface area contributed by atoms with Crippen molar-refractivity contribution in [3.8, 4) is 5.75 Å². The van der Waals surface area contributed by atoms with E-state index in [4.69, 9.17) is 4.74 Å². The largest absolute Gasteiger partial charge is 0.494 e. The Kier molecular flexibility index (Phi) is 3.61. The Morgan fingerprint density at radius 3 is 2.71 bits per heavy atom. The van der Waals surface area contributed by atoms with Gasteiger partial charge in [-0.05, 0) is 30.5 Å². The molecule has 1 amide bonds. The fraction of sp³-hybridized carbons (Fsp3) is 0.462. The van der Waals surface area contributed by atoms with Gasteiger partial charge in [-0.1, -0.05) is 6.07 Å². The first-order valence-corrected chi connectivity index (χ1v) is 5.81. The molecule has 1 fully saturated rings. The average molecular weight is 237 g/mol. The number of hydrogen-bond acceptors (Lipinski definition) is 2. The van der Waals surface area contributed by atoms with Crippen LogP contribution in [0, 0.1) is 5.82 Å². The van der Waals surface area contributed by atoms with Crippen molar-refractivity contribution < 1.29 is 13.9 Å². The van der Waals surface area contributed by atoms with Crippen LogP contribution in [0.3, 0.4) is 0 Å². The normalized spacial score (nSPS) is 15.1. The molecule has 1 saturated heterocycles. The number of amides is 1. The van der Waals surface area contributed by atoms with Gasteiger partial charge in [-0.25, -0.2) is 4.39 Å². The fourth-order valence-corrected chi connectivity index (χ4v) is 2.07. The van der Waals surface area contributed by atoms with Crippen LogP contribution >= 0.6 is 0 Å². The number of benzene rings is 1. The lowest BCUT2D eigenvalue weighted by Gasteiger charge is -2.15.